The van der Waals surface area contributed by atoms with Crippen molar-refractivity contribution in [1.29, 1.82) is 0 Å². The average molecular weight is 301 g/mol. The lowest BCUT2D eigenvalue weighted by molar-refractivity contribution is -0.116. The molecule has 0 aliphatic rings. The first-order chi connectivity index (χ1) is 10.6. The first kappa shape index (κ1) is 15.8. The van der Waals surface area contributed by atoms with Crippen LogP contribution in [0.4, 0.5) is 5.82 Å². The number of anilines is 1. The van der Waals surface area contributed by atoms with Crippen molar-refractivity contribution in [2.45, 2.75) is 20.3 Å². The van der Waals surface area contributed by atoms with E-state index in [1.54, 1.807) is 12.1 Å². The van der Waals surface area contributed by atoms with Crippen LogP contribution in [0.2, 0.25) is 0 Å². The van der Waals surface area contributed by atoms with Gasteiger partial charge in [-0.25, -0.2) is 0 Å². The average Bonchev–Trinajstić information content (AvgIpc) is 2.99. The van der Waals surface area contributed by atoms with Gasteiger partial charge in [-0.1, -0.05) is 30.3 Å². The number of carbonyl (C=O) groups is 2. The van der Waals surface area contributed by atoms with Gasteiger partial charge in [0.05, 0.1) is 0 Å². The van der Waals surface area contributed by atoms with Gasteiger partial charge in [0, 0.05) is 18.2 Å². The lowest BCUT2D eigenvalue weighted by Crippen LogP contribution is -2.38. The largest absolute Gasteiger partial charge is 0.363 e. The highest BCUT2D eigenvalue weighted by molar-refractivity contribution is 5.99. The Bertz CT molecular complexity index is 638. The van der Waals surface area contributed by atoms with Gasteiger partial charge in [-0.15, -0.1) is 0 Å². The summed E-state index contributed by atoms with van der Waals surface area (Å²) in [6.07, 6.45) is 2.15. The number of aryl methyl sites for hydroxylation is 1. The summed E-state index contributed by atoms with van der Waals surface area (Å²) in [5.74, 6) is -0.107. The first-order valence-electron chi connectivity index (χ1n) is 7.17. The Kier molecular flexibility index (Phi) is 5.30. The predicted octanol–water partition coefficient (Wildman–Crippen LogP) is 2.47. The molecular weight excluding hydrogens is 282 g/mol. The van der Waals surface area contributed by atoms with Crippen LogP contribution >= 0.6 is 0 Å². The molecular formula is C16H19N3O3. The number of rotatable bonds is 6. The van der Waals surface area contributed by atoms with Crippen molar-refractivity contribution in [2.75, 3.05) is 18.4 Å². The minimum Gasteiger partial charge on any atom is -0.363 e. The molecule has 0 bridgehead atoms. The molecule has 6 nitrogen and oxygen atoms in total. The number of nitrogens with zero attached hydrogens (tertiary/aromatic N) is 2. The number of hydrogen-bond acceptors (Lipinski definition) is 4. The van der Waals surface area contributed by atoms with E-state index in [1.165, 1.54) is 11.2 Å². The normalized spacial score (nSPS) is 10.3. The fourth-order valence-electron chi connectivity index (χ4n) is 2.14. The smallest absolute Gasteiger partial charge is 0.254 e. The van der Waals surface area contributed by atoms with Crippen LogP contribution in [0.1, 0.15) is 29.3 Å². The minimum atomic E-state index is -0.302. The van der Waals surface area contributed by atoms with Gasteiger partial charge in [-0.05, 0) is 25.0 Å². The number of amides is 2. The second-order valence-electron chi connectivity index (χ2n) is 4.97. The topological polar surface area (TPSA) is 75.4 Å². The highest BCUT2D eigenvalue weighted by Gasteiger charge is 2.19. The van der Waals surface area contributed by atoms with Crippen LogP contribution in [0.15, 0.2) is 41.1 Å². The zero-order valence-electron chi connectivity index (χ0n) is 12.7. The van der Waals surface area contributed by atoms with Gasteiger partial charge in [0.1, 0.15) is 12.8 Å². The third-order valence-electron chi connectivity index (χ3n) is 3.20. The summed E-state index contributed by atoms with van der Waals surface area (Å²) in [6.45, 7) is 4.34. The van der Waals surface area contributed by atoms with Crippen molar-refractivity contribution in [1.82, 2.24) is 10.1 Å². The molecule has 1 aromatic carbocycles. The van der Waals surface area contributed by atoms with E-state index in [4.69, 9.17) is 0 Å². The molecule has 6 heteroatoms. The molecule has 22 heavy (non-hydrogen) atoms. The molecule has 0 atom stereocenters. The van der Waals surface area contributed by atoms with Crippen LogP contribution in [0.25, 0.3) is 0 Å². The van der Waals surface area contributed by atoms with Crippen molar-refractivity contribution >= 4 is 17.6 Å². The Morgan fingerprint density at radius 1 is 1.27 bits per heavy atom. The van der Waals surface area contributed by atoms with Crippen LogP contribution < -0.4 is 5.32 Å². The van der Waals surface area contributed by atoms with Crippen LogP contribution in [0.3, 0.4) is 0 Å². The molecule has 0 fully saturated rings. The minimum absolute atomic E-state index is 0.0200. The lowest BCUT2D eigenvalue weighted by Gasteiger charge is -2.22. The molecule has 0 unspecified atom stereocenters. The number of carbonyl (C=O) groups excluding carboxylic acids is 2. The molecule has 116 valence electrons. The van der Waals surface area contributed by atoms with Crippen molar-refractivity contribution in [3.8, 4) is 0 Å². The Hall–Kier alpha value is -2.63. The highest BCUT2D eigenvalue weighted by atomic mass is 16.5. The molecule has 0 radical (unpaired) electrons. The summed E-state index contributed by atoms with van der Waals surface area (Å²) < 4.78 is 4.66. The summed E-state index contributed by atoms with van der Waals surface area (Å²) >= 11 is 0. The van der Waals surface area contributed by atoms with Crippen molar-refractivity contribution in [2.24, 2.45) is 0 Å². The van der Waals surface area contributed by atoms with E-state index in [0.29, 0.717) is 17.9 Å². The maximum absolute atomic E-state index is 12.6. The third-order valence-corrected chi connectivity index (χ3v) is 3.20. The maximum Gasteiger partial charge on any atom is 0.254 e. The Balaban J connectivity index is 2.07. The molecule has 0 saturated heterocycles. The van der Waals surface area contributed by atoms with Gasteiger partial charge < -0.3 is 14.7 Å². The molecule has 2 rings (SSSR count). The lowest BCUT2D eigenvalue weighted by atomic mass is 10.1. The summed E-state index contributed by atoms with van der Waals surface area (Å²) in [5.41, 5.74) is 1.51. The highest BCUT2D eigenvalue weighted by Crippen LogP contribution is 2.11. The number of hydrogen-bond donors (Lipinski definition) is 1. The molecule has 0 spiro atoms. The van der Waals surface area contributed by atoms with Crippen LogP contribution in [-0.2, 0) is 4.79 Å². The van der Waals surface area contributed by atoms with Gasteiger partial charge in [0.15, 0.2) is 5.82 Å². The SMILES string of the molecule is CCCN(CC(=O)Nc1ccon1)C(=O)c1ccccc1C. The predicted molar refractivity (Wildman–Crippen MR) is 82.5 cm³/mol. The molecule has 0 aliphatic heterocycles. The van der Waals surface area contributed by atoms with E-state index in [-0.39, 0.29) is 18.4 Å². The van der Waals surface area contributed by atoms with E-state index in [2.05, 4.69) is 15.0 Å². The van der Waals surface area contributed by atoms with Crippen LogP contribution in [0.5, 0.6) is 0 Å². The van der Waals surface area contributed by atoms with E-state index < -0.39 is 0 Å². The van der Waals surface area contributed by atoms with Gasteiger partial charge >= 0.3 is 0 Å². The summed E-state index contributed by atoms with van der Waals surface area (Å²) in [7, 11) is 0. The van der Waals surface area contributed by atoms with Crippen molar-refractivity contribution < 1.29 is 14.1 Å². The summed E-state index contributed by atoms with van der Waals surface area (Å²) in [6, 6.07) is 8.90. The summed E-state index contributed by atoms with van der Waals surface area (Å²) in [4.78, 5) is 26.2. The van der Waals surface area contributed by atoms with Crippen LogP contribution in [-0.4, -0.2) is 35.0 Å². The Labute approximate surface area is 129 Å². The second-order valence-corrected chi connectivity index (χ2v) is 4.97. The fourth-order valence-corrected chi connectivity index (χ4v) is 2.14. The van der Waals surface area contributed by atoms with Crippen LogP contribution in [0, 0.1) is 6.92 Å². The van der Waals surface area contributed by atoms with E-state index in [1.807, 2.05) is 32.0 Å². The second kappa shape index (κ2) is 7.40. The maximum atomic E-state index is 12.6. The molecule has 0 aliphatic carbocycles. The first-order valence-corrected chi connectivity index (χ1v) is 7.17. The molecule has 2 amide bonds. The van der Waals surface area contributed by atoms with Gasteiger partial charge in [0.2, 0.25) is 5.91 Å². The third kappa shape index (κ3) is 3.94. The number of benzene rings is 1. The Morgan fingerprint density at radius 3 is 2.68 bits per heavy atom. The van der Waals surface area contributed by atoms with E-state index in [9.17, 15) is 9.59 Å². The molecule has 1 aromatic heterocycles. The van der Waals surface area contributed by atoms with E-state index >= 15 is 0 Å². The number of nitrogens with one attached hydrogen (secondary N) is 1. The fraction of sp³-hybridized carbons (Fsp3) is 0.312. The molecule has 2 aromatic rings. The van der Waals surface area contributed by atoms with Crippen molar-refractivity contribution in [3.63, 3.8) is 0 Å². The molecule has 1 heterocycles. The standard InChI is InChI=1S/C16H19N3O3/c1-3-9-19(11-15(20)17-14-8-10-22-18-14)16(21)13-7-5-4-6-12(13)2/h4-8,10H,3,9,11H2,1-2H3,(H,17,18,20). The monoisotopic (exact) mass is 301 g/mol. The van der Waals surface area contributed by atoms with Crippen molar-refractivity contribution in [3.05, 3.63) is 47.7 Å². The zero-order chi connectivity index (χ0) is 15.9. The zero-order valence-corrected chi connectivity index (χ0v) is 12.7. The van der Waals surface area contributed by atoms with Gasteiger partial charge in [0.25, 0.3) is 5.91 Å². The summed E-state index contributed by atoms with van der Waals surface area (Å²) in [5, 5.41) is 6.21. The van der Waals surface area contributed by atoms with Gasteiger partial charge in [-0.3, -0.25) is 9.59 Å². The Morgan fingerprint density at radius 2 is 2.05 bits per heavy atom. The molecule has 0 saturated carbocycles. The number of aromatic nitrogens is 1. The van der Waals surface area contributed by atoms with Gasteiger partial charge in [-0.2, -0.15) is 0 Å². The quantitative estimate of drug-likeness (QED) is 0.889. The molecule has 1 N–H and O–H groups in total. The van der Waals surface area contributed by atoms with E-state index in [0.717, 1.165) is 12.0 Å².